The fraction of sp³-hybridized carbons (Fsp3) is 0.478. The lowest BCUT2D eigenvalue weighted by molar-refractivity contribution is -0.132. The van der Waals surface area contributed by atoms with Crippen molar-refractivity contribution in [3.8, 4) is 0 Å². The molecule has 33 heavy (non-hydrogen) atoms. The van der Waals surface area contributed by atoms with Gasteiger partial charge < -0.3 is 15.5 Å². The van der Waals surface area contributed by atoms with Crippen LogP contribution in [0.25, 0.3) is 0 Å². The molecule has 1 aliphatic heterocycles. The van der Waals surface area contributed by atoms with E-state index in [0.29, 0.717) is 6.54 Å². The van der Waals surface area contributed by atoms with Crippen LogP contribution in [0, 0.1) is 5.82 Å². The summed E-state index contributed by atoms with van der Waals surface area (Å²) in [6, 6.07) is 7.30. The number of benzene rings is 1. The number of carbonyl (C=O) groups is 3. The predicted molar refractivity (Wildman–Crippen MR) is 126 cm³/mol. The van der Waals surface area contributed by atoms with Crippen molar-refractivity contribution >= 4 is 29.5 Å². The zero-order valence-electron chi connectivity index (χ0n) is 19.2. The summed E-state index contributed by atoms with van der Waals surface area (Å²) in [7, 11) is 1.56. The summed E-state index contributed by atoms with van der Waals surface area (Å²) in [5.41, 5.74) is -0.0285. The average Bonchev–Trinajstić information content (AvgIpc) is 3.23. The smallest absolute Gasteiger partial charge is 0.272 e. The van der Waals surface area contributed by atoms with Gasteiger partial charge in [-0.25, -0.2) is 4.39 Å². The minimum absolute atomic E-state index is 0.112. The highest BCUT2D eigenvalue weighted by Gasteiger charge is 2.46. The zero-order valence-corrected chi connectivity index (χ0v) is 20.0. The van der Waals surface area contributed by atoms with Gasteiger partial charge in [0.05, 0.1) is 6.54 Å². The van der Waals surface area contributed by atoms with Crippen LogP contribution in [0.4, 0.5) is 4.39 Å². The molecule has 1 aromatic heterocycles. The molecule has 3 amide bonds. The maximum atomic E-state index is 13.1. The molecule has 0 fully saturated rings. The number of halogens is 1. The maximum Gasteiger partial charge on any atom is 0.272 e. The first-order chi connectivity index (χ1) is 15.8. The van der Waals surface area contributed by atoms with Gasteiger partial charge in [-0.1, -0.05) is 19.1 Å². The van der Waals surface area contributed by atoms with Crippen molar-refractivity contribution < 1.29 is 18.8 Å². The number of likely N-dealkylation sites (N-methyl/N-ethyl adjacent to an activating group) is 1. The Kier molecular flexibility index (Phi) is 8.12. The van der Waals surface area contributed by atoms with Gasteiger partial charge in [0, 0.05) is 26.2 Å². The number of amides is 3. The van der Waals surface area contributed by atoms with Crippen LogP contribution in [-0.4, -0.2) is 63.0 Å². The number of thioether (sulfide) groups is 1. The van der Waals surface area contributed by atoms with E-state index >= 15 is 0 Å². The molecule has 2 aromatic rings. The highest BCUT2D eigenvalue weighted by molar-refractivity contribution is 7.99. The van der Waals surface area contributed by atoms with Gasteiger partial charge in [-0.05, 0) is 49.0 Å². The van der Waals surface area contributed by atoms with E-state index in [9.17, 15) is 18.8 Å². The van der Waals surface area contributed by atoms with E-state index in [2.05, 4.69) is 22.7 Å². The number of hydrogen-bond donors (Lipinski definition) is 2. The lowest BCUT2D eigenvalue weighted by Gasteiger charge is -2.40. The Morgan fingerprint density at radius 3 is 2.64 bits per heavy atom. The lowest BCUT2D eigenvalue weighted by Crippen LogP contribution is -2.62. The first kappa shape index (κ1) is 24.8. The van der Waals surface area contributed by atoms with Crippen molar-refractivity contribution in [3.63, 3.8) is 0 Å². The lowest BCUT2D eigenvalue weighted by atomic mass is 9.96. The molecule has 1 atom stereocenters. The van der Waals surface area contributed by atoms with Crippen molar-refractivity contribution in [1.82, 2.24) is 25.3 Å². The molecule has 0 radical (unpaired) electrons. The van der Waals surface area contributed by atoms with Crippen LogP contribution in [0.1, 0.15) is 53.2 Å². The molecular weight excluding hydrogens is 445 g/mol. The van der Waals surface area contributed by atoms with Gasteiger partial charge in [0.15, 0.2) is 5.69 Å². The predicted octanol–water partition coefficient (Wildman–Crippen LogP) is 2.45. The van der Waals surface area contributed by atoms with Gasteiger partial charge >= 0.3 is 0 Å². The van der Waals surface area contributed by atoms with Crippen LogP contribution in [0.5, 0.6) is 0 Å². The summed E-state index contributed by atoms with van der Waals surface area (Å²) >= 11 is 1.85. The molecule has 0 bridgehead atoms. The van der Waals surface area contributed by atoms with Gasteiger partial charge in [0.1, 0.15) is 17.1 Å². The first-order valence-electron chi connectivity index (χ1n) is 11.0. The van der Waals surface area contributed by atoms with E-state index < -0.39 is 5.54 Å². The highest BCUT2D eigenvalue weighted by atomic mass is 32.2. The molecule has 10 heteroatoms. The van der Waals surface area contributed by atoms with Gasteiger partial charge in [-0.3, -0.25) is 19.1 Å². The second-order valence-electron chi connectivity index (χ2n) is 8.24. The van der Waals surface area contributed by atoms with Crippen LogP contribution >= 0.6 is 11.8 Å². The van der Waals surface area contributed by atoms with Crippen LogP contribution in [0.15, 0.2) is 30.3 Å². The number of nitrogens with one attached hydrogen (secondary N) is 2. The van der Waals surface area contributed by atoms with Gasteiger partial charge in [0.2, 0.25) is 5.91 Å². The van der Waals surface area contributed by atoms with E-state index in [4.69, 9.17) is 0 Å². The number of carbonyl (C=O) groups excluding carboxylic acids is 3. The van der Waals surface area contributed by atoms with Crippen LogP contribution in [-0.2, 0) is 17.9 Å². The Morgan fingerprint density at radius 1 is 1.21 bits per heavy atom. The number of aromatic nitrogens is 2. The molecule has 1 aliphatic rings. The minimum Gasteiger partial charge on any atom is -0.351 e. The second-order valence-corrected chi connectivity index (χ2v) is 9.47. The molecule has 0 aliphatic carbocycles. The third kappa shape index (κ3) is 5.73. The number of nitrogens with zero attached hydrogens (tertiary/aromatic N) is 3. The highest BCUT2D eigenvalue weighted by Crippen LogP contribution is 2.26. The van der Waals surface area contributed by atoms with E-state index in [0.717, 1.165) is 29.9 Å². The summed E-state index contributed by atoms with van der Waals surface area (Å²) in [5, 5.41) is 9.95. The Labute approximate surface area is 197 Å². The number of hydrogen-bond acceptors (Lipinski definition) is 5. The molecule has 3 rings (SSSR count). The van der Waals surface area contributed by atoms with Crippen LogP contribution < -0.4 is 10.6 Å². The Morgan fingerprint density at radius 2 is 1.94 bits per heavy atom. The first-order valence-corrected chi connectivity index (χ1v) is 12.2. The Bertz CT molecular complexity index is 1010. The monoisotopic (exact) mass is 475 g/mol. The molecule has 2 N–H and O–H groups in total. The minimum atomic E-state index is -1.19. The van der Waals surface area contributed by atoms with Gasteiger partial charge in [-0.15, -0.1) is 0 Å². The molecule has 2 heterocycles. The topological polar surface area (TPSA) is 96.3 Å². The Hall–Kier alpha value is -2.88. The molecule has 1 aromatic carbocycles. The normalized spacial score (nSPS) is 17.6. The summed E-state index contributed by atoms with van der Waals surface area (Å²) in [5.74, 6) is 0.643. The molecule has 0 saturated carbocycles. The number of fused-ring (bicyclic) bond motifs is 1. The van der Waals surface area contributed by atoms with Crippen molar-refractivity contribution in [2.24, 2.45) is 0 Å². The SMILES string of the molecule is CCCSCCCNC(=O)c1cc2n(n1)C[C@](C)(C(=O)NCc1ccc(F)cc1)N(C)C2=O. The van der Waals surface area contributed by atoms with E-state index in [1.54, 1.807) is 26.1 Å². The maximum absolute atomic E-state index is 13.1. The van der Waals surface area contributed by atoms with E-state index in [-0.39, 0.29) is 48.0 Å². The molecular formula is C23H30FN5O3S. The fourth-order valence-corrected chi connectivity index (χ4v) is 4.37. The second kappa shape index (κ2) is 10.8. The van der Waals surface area contributed by atoms with Crippen LogP contribution in [0.3, 0.4) is 0 Å². The number of rotatable bonds is 10. The zero-order chi connectivity index (χ0) is 24.0. The van der Waals surface area contributed by atoms with Crippen molar-refractivity contribution in [1.29, 1.82) is 0 Å². The van der Waals surface area contributed by atoms with Crippen molar-refractivity contribution in [3.05, 3.63) is 53.1 Å². The van der Waals surface area contributed by atoms with Crippen molar-refractivity contribution in [2.45, 2.75) is 45.3 Å². The average molecular weight is 476 g/mol. The molecule has 0 spiro atoms. The molecule has 178 valence electrons. The summed E-state index contributed by atoms with van der Waals surface area (Å²) in [6.45, 7) is 4.64. The largest absolute Gasteiger partial charge is 0.351 e. The van der Waals surface area contributed by atoms with Crippen molar-refractivity contribution in [2.75, 3.05) is 25.1 Å². The van der Waals surface area contributed by atoms with E-state index in [1.807, 2.05) is 11.8 Å². The summed E-state index contributed by atoms with van der Waals surface area (Å²) in [6.07, 6.45) is 1.99. The Balaban J connectivity index is 1.64. The third-order valence-electron chi connectivity index (χ3n) is 5.69. The molecule has 0 saturated heterocycles. The van der Waals surface area contributed by atoms with Gasteiger partial charge in [-0.2, -0.15) is 16.9 Å². The van der Waals surface area contributed by atoms with Gasteiger partial charge in [0.25, 0.3) is 11.8 Å². The summed E-state index contributed by atoms with van der Waals surface area (Å²) in [4.78, 5) is 39.8. The standard InChI is InChI=1S/C23H30FN5O3S/c1-4-11-33-12-5-10-25-20(30)18-13-19-21(31)28(3)23(2,15-29(19)27-18)22(32)26-14-16-6-8-17(24)9-7-16/h6-9,13H,4-5,10-12,14-15H2,1-3H3,(H,25,30)(H,26,32)/t23-/m1/s1. The fourth-order valence-electron chi connectivity index (χ4n) is 3.53. The third-order valence-corrected chi connectivity index (χ3v) is 6.96. The summed E-state index contributed by atoms with van der Waals surface area (Å²) < 4.78 is 14.5. The van der Waals surface area contributed by atoms with Crippen LogP contribution in [0.2, 0.25) is 0 Å². The molecule has 0 unspecified atom stereocenters. The van der Waals surface area contributed by atoms with E-state index in [1.165, 1.54) is 27.8 Å². The molecule has 8 nitrogen and oxygen atoms in total. The quantitative estimate of drug-likeness (QED) is 0.515.